The minimum atomic E-state index is 0.0476. The Hall–Kier alpha value is -1.35. The fraction of sp³-hybridized carbons (Fsp3) is 0.222. The molecule has 0 spiro atoms. The van der Waals surface area contributed by atoms with E-state index in [4.69, 9.17) is 9.84 Å². The molecule has 1 rings (SSSR count). The van der Waals surface area contributed by atoms with E-state index in [1.165, 1.54) is 0 Å². The van der Waals surface area contributed by atoms with E-state index < -0.39 is 0 Å². The summed E-state index contributed by atoms with van der Waals surface area (Å²) in [6.07, 6.45) is 5.14. The number of hydrogen-bond acceptors (Lipinski definition) is 3. The second-order valence-electron chi connectivity index (χ2n) is 2.22. The smallest absolute Gasteiger partial charge is 0.212 e. The van der Waals surface area contributed by atoms with Gasteiger partial charge in [0.05, 0.1) is 13.7 Å². The monoisotopic (exact) mass is 165 g/mol. The van der Waals surface area contributed by atoms with Gasteiger partial charge in [-0.1, -0.05) is 12.2 Å². The highest BCUT2D eigenvalue weighted by atomic mass is 16.5. The lowest BCUT2D eigenvalue weighted by Gasteiger charge is -1.97. The Morgan fingerprint density at radius 3 is 2.92 bits per heavy atom. The van der Waals surface area contributed by atoms with Crippen molar-refractivity contribution in [1.29, 1.82) is 0 Å². The van der Waals surface area contributed by atoms with Crippen LogP contribution in [0.25, 0.3) is 6.08 Å². The van der Waals surface area contributed by atoms with Gasteiger partial charge in [-0.3, -0.25) is 0 Å². The van der Waals surface area contributed by atoms with Gasteiger partial charge in [0.25, 0.3) is 0 Å². The first-order valence-corrected chi connectivity index (χ1v) is 3.64. The number of aliphatic hydroxyl groups is 1. The summed E-state index contributed by atoms with van der Waals surface area (Å²) < 4.78 is 4.89. The number of nitrogens with zero attached hydrogens (tertiary/aromatic N) is 1. The Balaban J connectivity index is 2.71. The molecule has 64 valence electrons. The minimum absolute atomic E-state index is 0.0476. The predicted octanol–water partition coefficient (Wildman–Crippen LogP) is 1.10. The summed E-state index contributed by atoms with van der Waals surface area (Å²) >= 11 is 0. The summed E-state index contributed by atoms with van der Waals surface area (Å²) in [5.74, 6) is 0.594. The molecule has 0 radical (unpaired) electrons. The first-order valence-electron chi connectivity index (χ1n) is 3.64. The largest absolute Gasteiger partial charge is 0.481 e. The SMILES string of the molecule is COc1ccc(/C=C/CO)cn1. The maximum atomic E-state index is 8.50. The van der Waals surface area contributed by atoms with Gasteiger partial charge in [0.1, 0.15) is 0 Å². The minimum Gasteiger partial charge on any atom is -0.481 e. The van der Waals surface area contributed by atoms with Crippen LogP contribution in [0.2, 0.25) is 0 Å². The fourth-order valence-electron chi connectivity index (χ4n) is 0.800. The van der Waals surface area contributed by atoms with Gasteiger partial charge in [-0.05, 0) is 11.6 Å². The van der Waals surface area contributed by atoms with Crippen LogP contribution < -0.4 is 4.74 Å². The van der Waals surface area contributed by atoms with Crippen molar-refractivity contribution < 1.29 is 9.84 Å². The van der Waals surface area contributed by atoms with Crippen LogP contribution in [0.1, 0.15) is 5.56 Å². The standard InChI is InChI=1S/C9H11NO2/c1-12-9-5-4-8(7-10-9)3-2-6-11/h2-5,7,11H,6H2,1H3/b3-2+. The molecule has 1 aromatic heterocycles. The maximum Gasteiger partial charge on any atom is 0.212 e. The van der Waals surface area contributed by atoms with Crippen molar-refractivity contribution in [3.8, 4) is 5.88 Å². The van der Waals surface area contributed by atoms with Crippen LogP contribution in [0.3, 0.4) is 0 Å². The van der Waals surface area contributed by atoms with Crippen LogP contribution in [0, 0.1) is 0 Å². The second-order valence-corrected chi connectivity index (χ2v) is 2.22. The lowest BCUT2D eigenvalue weighted by atomic mass is 10.2. The zero-order valence-electron chi connectivity index (χ0n) is 6.90. The van der Waals surface area contributed by atoms with Crippen molar-refractivity contribution in [3.63, 3.8) is 0 Å². The van der Waals surface area contributed by atoms with Gasteiger partial charge in [-0.15, -0.1) is 0 Å². The van der Waals surface area contributed by atoms with Crippen molar-refractivity contribution >= 4 is 6.08 Å². The zero-order chi connectivity index (χ0) is 8.81. The van der Waals surface area contributed by atoms with E-state index in [9.17, 15) is 0 Å². The van der Waals surface area contributed by atoms with Gasteiger partial charge in [-0.25, -0.2) is 4.98 Å². The summed E-state index contributed by atoms with van der Waals surface area (Å²) in [5, 5.41) is 8.50. The summed E-state index contributed by atoms with van der Waals surface area (Å²) in [4.78, 5) is 3.99. The number of rotatable bonds is 3. The van der Waals surface area contributed by atoms with Crippen LogP contribution in [-0.2, 0) is 0 Å². The molecule has 0 aromatic carbocycles. The Kier molecular flexibility index (Phi) is 3.29. The van der Waals surface area contributed by atoms with Gasteiger partial charge in [0.2, 0.25) is 5.88 Å². The normalized spacial score (nSPS) is 10.5. The van der Waals surface area contributed by atoms with Crippen LogP contribution in [0.15, 0.2) is 24.4 Å². The average molecular weight is 165 g/mol. The lowest BCUT2D eigenvalue weighted by Crippen LogP contribution is -1.86. The highest BCUT2D eigenvalue weighted by Crippen LogP contribution is 2.07. The van der Waals surface area contributed by atoms with E-state index in [-0.39, 0.29) is 6.61 Å². The van der Waals surface area contributed by atoms with Crippen LogP contribution in [0.4, 0.5) is 0 Å². The van der Waals surface area contributed by atoms with Gasteiger partial charge in [0, 0.05) is 12.3 Å². The number of aliphatic hydroxyl groups excluding tert-OH is 1. The summed E-state index contributed by atoms with van der Waals surface area (Å²) in [7, 11) is 1.57. The van der Waals surface area contributed by atoms with Crippen molar-refractivity contribution in [1.82, 2.24) is 4.98 Å². The number of hydrogen-bond donors (Lipinski definition) is 1. The highest BCUT2D eigenvalue weighted by molar-refractivity contribution is 5.48. The summed E-state index contributed by atoms with van der Waals surface area (Å²) in [5.41, 5.74) is 0.949. The van der Waals surface area contributed by atoms with Crippen LogP contribution in [-0.4, -0.2) is 23.8 Å². The molecule has 0 bridgehead atoms. The Labute approximate surface area is 71.3 Å². The summed E-state index contributed by atoms with van der Waals surface area (Å²) in [6, 6.07) is 3.65. The average Bonchev–Trinajstić information content (AvgIpc) is 2.15. The highest BCUT2D eigenvalue weighted by Gasteiger charge is 1.90. The van der Waals surface area contributed by atoms with Crippen molar-refractivity contribution in [2.75, 3.05) is 13.7 Å². The third-order valence-electron chi connectivity index (χ3n) is 1.38. The Morgan fingerprint density at radius 1 is 1.58 bits per heavy atom. The molecule has 3 heteroatoms. The molecule has 0 atom stereocenters. The molecule has 0 aliphatic rings. The molecule has 0 saturated heterocycles. The number of methoxy groups -OCH3 is 1. The van der Waals surface area contributed by atoms with Crippen LogP contribution in [0.5, 0.6) is 5.88 Å². The van der Waals surface area contributed by atoms with E-state index >= 15 is 0 Å². The number of ether oxygens (including phenoxy) is 1. The van der Waals surface area contributed by atoms with E-state index in [0.717, 1.165) is 5.56 Å². The molecule has 0 fully saturated rings. The lowest BCUT2D eigenvalue weighted by molar-refractivity contribution is 0.343. The molecule has 3 nitrogen and oxygen atoms in total. The second kappa shape index (κ2) is 4.51. The fourth-order valence-corrected chi connectivity index (χ4v) is 0.800. The quantitative estimate of drug-likeness (QED) is 0.729. The maximum absolute atomic E-state index is 8.50. The molecule has 1 aromatic rings. The molecule has 0 amide bonds. The van der Waals surface area contributed by atoms with E-state index in [1.807, 2.05) is 6.07 Å². The van der Waals surface area contributed by atoms with E-state index in [2.05, 4.69) is 4.98 Å². The predicted molar refractivity (Wildman–Crippen MR) is 46.9 cm³/mol. The van der Waals surface area contributed by atoms with Gasteiger partial charge in [0.15, 0.2) is 0 Å². The third kappa shape index (κ3) is 2.36. The van der Waals surface area contributed by atoms with Crippen molar-refractivity contribution in [3.05, 3.63) is 30.0 Å². The molecule has 0 aliphatic carbocycles. The first-order chi connectivity index (χ1) is 5.86. The molecule has 0 unspecified atom stereocenters. The molecular weight excluding hydrogens is 154 g/mol. The van der Waals surface area contributed by atoms with Gasteiger partial charge >= 0.3 is 0 Å². The Morgan fingerprint density at radius 2 is 2.42 bits per heavy atom. The summed E-state index contributed by atoms with van der Waals surface area (Å²) in [6.45, 7) is 0.0476. The number of pyridine rings is 1. The van der Waals surface area contributed by atoms with Gasteiger partial charge < -0.3 is 9.84 Å². The molecule has 0 saturated carbocycles. The zero-order valence-corrected chi connectivity index (χ0v) is 6.90. The topological polar surface area (TPSA) is 42.4 Å². The van der Waals surface area contributed by atoms with Crippen LogP contribution >= 0.6 is 0 Å². The number of aromatic nitrogens is 1. The molecule has 1 heterocycles. The third-order valence-corrected chi connectivity index (χ3v) is 1.38. The van der Waals surface area contributed by atoms with Gasteiger partial charge in [-0.2, -0.15) is 0 Å². The molecule has 1 N–H and O–H groups in total. The first kappa shape index (κ1) is 8.74. The van der Waals surface area contributed by atoms with Crippen molar-refractivity contribution in [2.45, 2.75) is 0 Å². The van der Waals surface area contributed by atoms with Crippen molar-refractivity contribution in [2.24, 2.45) is 0 Å². The molecular formula is C9H11NO2. The molecule has 0 aliphatic heterocycles. The van der Waals surface area contributed by atoms with E-state index in [1.54, 1.807) is 31.5 Å². The molecule has 12 heavy (non-hydrogen) atoms. The van der Waals surface area contributed by atoms with E-state index in [0.29, 0.717) is 5.88 Å². The Bertz CT molecular complexity index is 254.